The Balaban J connectivity index is 2.13. The Morgan fingerprint density at radius 2 is 2.35 bits per heavy atom. The van der Waals surface area contributed by atoms with Crippen molar-refractivity contribution in [2.75, 3.05) is 20.3 Å². The minimum Gasteiger partial charge on any atom is -0.497 e. The van der Waals surface area contributed by atoms with Gasteiger partial charge in [-0.05, 0) is 37.8 Å². The molecule has 0 spiro atoms. The van der Waals surface area contributed by atoms with Gasteiger partial charge in [0.15, 0.2) is 0 Å². The van der Waals surface area contributed by atoms with E-state index in [1.165, 1.54) is 19.2 Å². The molecular weight excluding hydrogens is 261 g/mol. The number of amides is 1. The fraction of sp³-hybridized carbons (Fsp3) is 0.533. The number of benzene rings is 1. The van der Waals surface area contributed by atoms with Gasteiger partial charge in [0.05, 0.1) is 12.7 Å². The van der Waals surface area contributed by atoms with Gasteiger partial charge in [0, 0.05) is 25.3 Å². The first-order valence-corrected chi connectivity index (χ1v) is 6.92. The zero-order chi connectivity index (χ0) is 14.5. The quantitative estimate of drug-likeness (QED) is 0.900. The number of carbonyl (C=O) groups is 1. The zero-order valence-electron chi connectivity index (χ0n) is 11.6. The molecular formula is C15H20FNO3. The maximum absolute atomic E-state index is 14.0. The lowest BCUT2D eigenvalue weighted by atomic mass is 10.1. The van der Waals surface area contributed by atoms with Gasteiger partial charge in [-0.25, -0.2) is 4.39 Å². The minimum absolute atomic E-state index is 0.0849. The van der Waals surface area contributed by atoms with Crippen molar-refractivity contribution in [2.45, 2.75) is 31.7 Å². The zero-order valence-corrected chi connectivity index (χ0v) is 11.6. The largest absolute Gasteiger partial charge is 0.497 e. The van der Waals surface area contributed by atoms with Crippen LogP contribution in [0.3, 0.4) is 0 Å². The molecule has 5 heteroatoms. The molecule has 1 N–H and O–H groups in total. The van der Waals surface area contributed by atoms with Crippen molar-refractivity contribution in [1.29, 1.82) is 0 Å². The maximum atomic E-state index is 14.0. The van der Waals surface area contributed by atoms with E-state index in [1.54, 1.807) is 11.0 Å². The summed E-state index contributed by atoms with van der Waals surface area (Å²) in [5.74, 6) is -0.426. The molecule has 1 aliphatic heterocycles. The molecule has 1 aromatic rings. The summed E-state index contributed by atoms with van der Waals surface area (Å²) in [4.78, 5) is 14.1. The Hall–Kier alpha value is -1.62. The summed E-state index contributed by atoms with van der Waals surface area (Å²) in [6, 6.07) is 4.40. The van der Waals surface area contributed by atoms with Gasteiger partial charge in [-0.3, -0.25) is 4.79 Å². The van der Waals surface area contributed by atoms with Crippen LogP contribution in [0, 0.1) is 5.82 Å². The molecule has 1 fully saturated rings. The lowest BCUT2D eigenvalue weighted by Gasteiger charge is -2.25. The summed E-state index contributed by atoms with van der Waals surface area (Å²) in [5, 5.41) is 8.89. The number of ether oxygens (including phenoxy) is 1. The molecule has 20 heavy (non-hydrogen) atoms. The van der Waals surface area contributed by atoms with Crippen molar-refractivity contribution in [3.05, 3.63) is 29.6 Å². The monoisotopic (exact) mass is 281 g/mol. The first-order valence-electron chi connectivity index (χ1n) is 6.92. The number of rotatable bonds is 5. The predicted molar refractivity (Wildman–Crippen MR) is 73.3 cm³/mol. The number of hydrogen-bond donors (Lipinski definition) is 1. The molecule has 4 nitrogen and oxygen atoms in total. The van der Waals surface area contributed by atoms with Gasteiger partial charge in [0.2, 0.25) is 0 Å². The van der Waals surface area contributed by atoms with Crippen LogP contribution < -0.4 is 4.74 Å². The summed E-state index contributed by atoms with van der Waals surface area (Å²) in [6.45, 7) is 0.774. The second-order valence-electron chi connectivity index (χ2n) is 5.01. The first-order chi connectivity index (χ1) is 9.67. The van der Waals surface area contributed by atoms with E-state index < -0.39 is 5.82 Å². The van der Waals surface area contributed by atoms with Crippen molar-refractivity contribution >= 4 is 5.91 Å². The van der Waals surface area contributed by atoms with Crippen LogP contribution in [0.25, 0.3) is 0 Å². The van der Waals surface area contributed by atoms with Crippen LogP contribution in [0.1, 0.15) is 36.0 Å². The van der Waals surface area contributed by atoms with Crippen LogP contribution in [-0.2, 0) is 0 Å². The Morgan fingerprint density at radius 1 is 1.55 bits per heavy atom. The van der Waals surface area contributed by atoms with E-state index in [-0.39, 0.29) is 24.1 Å². The highest BCUT2D eigenvalue weighted by molar-refractivity contribution is 5.95. The summed E-state index contributed by atoms with van der Waals surface area (Å²) in [7, 11) is 1.46. The van der Waals surface area contributed by atoms with Gasteiger partial charge >= 0.3 is 0 Å². The highest BCUT2D eigenvalue weighted by Crippen LogP contribution is 2.25. The van der Waals surface area contributed by atoms with Crippen molar-refractivity contribution in [1.82, 2.24) is 4.90 Å². The third kappa shape index (κ3) is 3.10. The van der Waals surface area contributed by atoms with E-state index in [0.29, 0.717) is 18.7 Å². The third-order valence-electron chi connectivity index (χ3n) is 3.74. The first kappa shape index (κ1) is 14.8. The molecule has 1 aliphatic rings. The summed E-state index contributed by atoms with van der Waals surface area (Å²) in [6.07, 6.45) is 3.28. The van der Waals surface area contributed by atoms with Crippen LogP contribution >= 0.6 is 0 Å². The Kier molecular flexibility index (Phi) is 4.95. The highest BCUT2D eigenvalue weighted by atomic mass is 19.1. The number of methoxy groups -OCH3 is 1. The fourth-order valence-corrected chi connectivity index (χ4v) is 2.68. The maximum Gasteiger partial charge on any atom is 0.257 e. The smallest absolute Gasteiger partial charge is 0.257 e. The average Bonchev–Trinajstić information content (AvgIpc) is 2.92. The molecule has 1 atom stereocenters. The van der Waals surface area contributed by atoms with Gasteiger partial charge < -0.3 is 14.7 Å². The molecule has 110 valence electrons. The number of carbonyl (C=O) groups excluding carboxylic acids is 1. The molecule has 0 aromatic heterocycles. The second-order valence-corrected chi connectivity index (χ2v) is 5.01. The summed E-state index contributed by atoms with van der Waals surface area (Å²) in [5.41, 5.74) is 0.0849. The molecule has 1 aromatic carbocycles. The van der Waals surface area contributed by atoms with Gasteiger partial charge in [-0.2, -0.15) is 0 Å². The van der Waals surface area contributed by atoms with E-state index in [2.05, 4.69) is 0 Å². The van der Waals surface area contributed by atoms with Crippen molar-refractivity contribution in [2.24, 2.45) is 0 Å². The number of nitrogens with zero attached hydrogens (tertiary/aromatic N) is 1. The van der Waals surface area contributed by atoms with Crippen molar-refractivity contribution in [3.63, 3.8) is 0 Å². The molecule has 1 unspecified atom stereocenters. The van der Waals surface area contributed by atoms with Gasteiger partial charge in [0.1, 0.15) is 11.6 Å². The van der Waals surface area contributed by atoms with Crippen LogP contribution in [0.15, 0.2) is 18.2 Å². The average molecular weight is 281 g/mol. The molecule has 0 radical (unpaired) electrons. The molecule has 1 amide bonds. The molecule has 1 heterocycles. The Morgan fingerprint density at radius 3 is 3.00 bits per heavy atom. The predicted octanol–water partition coefficient (Wildman–Crippen LogP) is 2.21. The number of halogens is 1. The number of aliphatic hydroxyl groups is 1. The van der Waals surface area contributed by atoms with Crippen molar-refractivity contribution < 1.29 is 19.0 Å². The SMILES string of the molecule is COc1ccc(C(=O)N2CCCC2CCCO)c(F)c1. The van der Waals surface area contributed by atoms with Gasteiger partial charge in [0.25, 0.3) is 5.91 Å². The van der Waals surface area contributed by atoms with E-state index in [0.717, 1.165) is 19.3 Å². The summed E-state index contributed by atoms with van der Waals surface area (Å²) >= 11 is 0. The van der Waals surface area contributed by atoms with E-state index in [9.17, 15) is 9.18 Å². The number of hydrogen-bond acceptors (Lipinski definition) is 3. The Labute approximate surface area is 118 Å². The van der Waals surface area contributed by atoms with Crippen LogP contribution in [0.2, 0.25) is 0 Å². The van der Waals surface area contributed by atoms with E-state index in [1.807, 2.05) is 0 Å². The number of aliphatic hydroxyl groups excluding tert-OH is 1. The Bertz CT molecular complexity index is 478. The normalized spacial score (nSPS) is 18.4. The van der Waals surface area contributed by atoms with E-state index >= 15 is 0 Å². The standard InChI is InChI=1S/C15H20FNO3/c1-20-12-6-7-13(14(16)10-12)15(19)17-8-2-4-11(17)5-3-9-18/h6-7,10-11,18H,2-5,8-9H2,1H3. The number of likely N-dealkylation sites (tertiary alicyclic amines) is 1. The molecule has 0 bridgehead atoms. The summed E-state index contributed by atoms with van der Waals surface area (Å²) < 4.78 is 18.9. The molecule has 0 saturated carbocycles. The molecule has 0 aliphatic carbocycles. The van der Waals surface area contributed by atoms with E-state index in [4.69, 9.17) is 9.84 Å². The van der Waals surface area contributed by atoms with Crippen LogP contribution in [-0.4, -0.2) is 42.2 Å². The minimum atomic E-state index is -0.554. The fourth-order valence-electron chi connectivity index (χ4n) is 2.68. The topological polar surface area (TPSA) is 49.8 Å². The molecule has 2 rings (SSSR count). The highest BCUT2D eigenvalue weighted by Gasteiger charge is 2.30. The van der Waals surface area contributed by atoms with Gasteiger partial charge in [-0.1, -0.05) is 0 Å². The lowest BCUT2D eigenvalue weighted by molar-refractivity contribution is 0.0719. The van der Waals surface area contributed by atoms with Crippen LogP contribution in [0.5, 0.6) is 5.75 Å². The van der Waals surface area contributed by atoms with Gasteiger partial charge in [-0.15, -0.1) is 0 Å². The lowest BCUT2D eigenvalue weighted by Crippen LogP contribution is -2.36. The van der Waals surface area contributed by atoms with Crippen LogP contribution in [0.4, 0.5) is 4.39 Å². The molecule has 1 saturated heterocycles. The third-order valence-corrected chi connectivity index (χ3v) is 3.74. The second kappa shape index (κ2) is 6.70. The van der Waals surface area contributed by atoms with Crippen molar-refractivity contribution in [3.8, 4) is 5.75 Å².